The molecule has 3 aromatic heterocycles. The van der Waals surface area contributed by atoms with Crippen molar-refractivity contribution >= 4 is 46.4 Å². The highest BCUT2D eigenvalue weighted by Gasteiger charge is 2.30. The van der Waals surface area contributed by atoms with Gasteiger partial charge in [0.25, 0.3) is 0 Å². The minimum absolute atomic E-state index is 0.857. The molecular weight excluding hydrogens is 921 g/mol. The van der Waals surface area contributed by atoms with Crippen LogP contribution < -0.4 is 0 Å². The minimum Gasteiger partial charge on any atom is -0.354 e. The number of hydrogen-bond donors (Lipinski definition) is 2. The topological polar surface area (TPSA) is 57.4 Å². The molecule has 0 fully saturated rings. The summed E-state index contributed by atoms with van der Waals surface area (Å²) in [5, 5.41) is 0. The summed E-state index contributed by atoms with van der Waals surface area (Å²) >= 11 is 0. The van der Waals surface area contributed by atoms with Gasteiger partial charge in [-0.15, -0.1) is 0 Å². The van der Waals surface area contributed by atoms with Gasteiger partial charge in [-0.1, -0.05) is 170 Å². The molecule has 0 radical (unpaired) electrons. The first kappa shape index (κ1) is 41.8. The summed E-state index contributed by atoms with van der Waals surface area (Å²) in [5.74, 6) is 0. The molecule has 4 aliphatic carbocycles. The van der Waals surface area contributed by atoms with E-state index in [2.05, 4.69) is 228 Å². The zero-order chi connectivity index (χ0) is 49.6. The van der Waals surface area contributed by atoms with Gasteiger partial charge in [0.15, 0.2) is 0 Å². The predicted molar refractivity (Wildman–Crippen MR) is 314 cm³/mol. The Balaban J connectivity index is 1.01. The number of aromatic amines is 2. The maximum absolute atomic E-state index is 5.84. The van der Waals surface area contributed by atoms with Gasteiger partial charge in [0.05, 0.1) is 22.8 Å². The molecule has 0 amide bonds. The Kier molecular flexibility index (Phi) is 8.76. The van der Waals surface area contributed by atoms with E-state index in [0.717, 1.165) is 92.8 Å². The molecule has 5 heterocycles. The Morgan fingerprint density at radius 2 is 0.447 bits per heavy atom. The molecule has 0 saturated carbocycles. The van der Waals surface area contributed by atoms with Crippen LogP contribution in [0.15, 0.2) is 194 Å². The molecule has 76 heavy (non-hydrogen) atoms. The van der Waals surface area contributed by atoms with Gasteiger partial charge in [0, 0.05) is 44.3 Å². The Bertz CT molecular complexity index is 4070. The van der Waals surface area contributed by atoms with Gasteiger partial charge in [0.1, 0.15) is 0 Å². The van der Waals surface area contributed by atoms with E-state index in [1.807, 2.05) is 0 Å². The van der Waals surface area contributed by atoms with Crippen molar-refractivity contribution < 1.29 is 0 Å². The van der Waals surface area contributed by atoms with E-state index in [1.165, 1.54) is 111 Å². The van der Waals surface area contributed by atoms with Crippen LogP contribution in [-0.2, 0) is 25.7 Å². The lowest BCUT2D eigenvalue weighted by atomic mass is 9.94. The number of benzene rings is 8. The van der Waals surface area contributed by atoms with Crippen LogP contribution in [0.4, 0.5) is 0 Å². The van der Waals surface area contributed by atoms with Crippen molar-refractivity contribution in [1.82, 2.24) is 19.9 Å². The summed E-state index contributed by atoms with van der Waals surface area (Å²) in [6.07, 6.45) is 12.4. The van der Waals surface area contributed by atoms with Crippen LogP contribution in [0.5, 0.6) is 0 Å². The second-order valence-electron chi connectivity index (χ2n) is 21.2. The summed E-state index contributed by atoms with van der Waals surface area (Å²) in [5.41, 5.74) is 38.0. The molecule has 6 aliphatic rings. The van der Waals surface area contributed by atoms with Crippen LogP contribution in [0, 0.1) is 0 Å². The molecule has 11 aromatic rings. The third-order valence-corrected chi connectivity index (χ3v) is 17.2. The van der Waals surface area contributed by atoms with Gasteiger partial charge in [-0.3, -0.25) is 0 Å². The molecule has 0 unspecified atom stereocenters. The van der Waals surface area contributed by atoms with Crippen molar-refractivity contribution in [2.24, 2.45) is 0 Å². The number of aromatic nitrogens is 4. The maximum atomic E-state index is 5.84. The van der Waals surface area contributed by atoms with Crippen LogP contribution in [-0.4, -0.2) is 19.9 Å². The van der Waals surface area contributed by atoms with E-state index in [0.29, 0.717) is 0 Å². The molecule has 4 heteroatoms. The van der Waals surface area contributed by atoms with Crippen molar-refractivity contribution in [1.29, 1.82) is 0 Å². The van der Waals surface area contributed by atoms with Gasteiger partial charge in [0.2, 0.25) is 0 Å². The molecule has 0 spiro atoms. The van der Waals surface area contributed by atoms with Crippen LogP contribution in [0.25, 0.3) is 135 Å². The molecule has 4 nitrogen and oxygen atoms in total. The molecule has 2 N–H and O–H groups in total. The molecule has 2 aliphatic heterocycles. The van der Waals surface area contributed by atoms with Crippen LogP contribution >= 0.6 is 0 Å². The van der Waals surface area contributed by atoms with Crippen molar-refractivity contribution in [3.63, 3.8) is 0 Å². The fourth-order valence-corrected chi connectivity index (χ4v) is 13.9. The van der Waals surface area contributed by atoms with E-state index in [4.69, 9.17) is 9.97 Å². The van der Waals surface area contributed by atoms with Crippen molar-refractivity contribution in [2.75, 3.05) is 0 Å². The van der Waals surface area contributed by atoms with Gasteiger partial charge < -0.3 is 9.97 Å². The predicted octanol–water partition coefficient (Wildman–Crippen LogP) is 17.6. The van der Waals surface area contributed by atoms with E-state index in [1.54, 1.807) is 0 Å². The summed E-state index contributed by atoms with van der Waals surface area (Å²) in [7, 11) is 0. The lowest BCUT2D eigenvalue weighted by molar-refractivity contribution is 1.24. The maximum Gasteiger partial charge on any atom is 0.0737 e. The summed E-state index contributed by atoms with van der Waals surface area (Å²) in [6.45, 7) is 0. The Morgan fingerprint density at radius 3 is 0.711 bits per heavy atom. The van der Waals surface area contributed by atoms with Gasteiger partial charge in [-0.05, 0) is 186 Å². The molecule has 17 rings (SSSR count). The monoisotopic (exact) mass is 966 g/mol. The van der Waals surface area contributed by atoms with Crippen LogP contribution in [0.2, 0.25) is 0 Å². The third-order valence-electron chi connectivity index (χ3n) is 17.2. The summed E-state index contributed by atoms with van der Waals surface area (Å²) in [4.78, 5) is 19.9. The second kappa shape index (κ2) is 15.9. The zero-order valence-corrected chi connectivity index (χ0v) is 41.5. The van der Waals surface area contributed by atoms with E-state index < -0.39 is 0 Å². The fourth-order valence-electron chi connectivity index (χ4n) is 13.9. The average Bonchev–Trinajstić information content (AvgIpc) is 4.45. The number of nitrogens with zero attached hydrogens (tertiary/aromatic N) is 2. The van der Waals surface area contributed by atoms with E-state index in [9.17, 15) is 0 Å². The quantitative estimate of drug-likeness (QED) is 0.185. The molecular formula is C72H46N4. The number of nitrogens with one attached hydrogen (secondary N) is 2. The van der Waals surface area contributed by atoms with E-state index >= 15 is 0 Å². The summed E-state index contributed by atoms with van der Waals surface area (Å²) in [6, 6.07) is 72.0. The normalized spacial score (nSPS) is 13.5. The zero-order valence-electron chi connectivity index (χ0n) is 41.5. The van der Waals surface area contributed by atoms with Gasteiger partial charge in [-0.25, -0.2) is 9.97 Å². The SMILES string of the molecule is C1=Cc2nc1c(-c1cccc3c1Cc1ccccc1-3)c1ccc([nH]1)c(-c1cccc3c1Cc1ccccc1-3)c1nc(c(-c3cccc4c3Cc3ccccc3-4)c3ccc([nH]3)c2-c2cccc3c2Cc2ccccc2-3)C=C1. The second-order valence-corrected chi connectivity index (χ2v) is 21.2. The number of hydrogen-bond acceptors (Lipinski definition) is 2. The van der Waals surface area contributed by atoms with Gasteiger partial charge in [-0.2, -0.15) is 0 Å². The Hall–Kier alpha value is -9.64. The lowest BCUT2D eigenvalue weighted by Gasteiger charge is -2.13. The summed E-state index contributed by atoms with van der Waals surface area (Å²) < 4.78 is 0. The molecule has 0 atom stereocenters. The molecule has 354 valence electrons. The fraction of sp³-hybridized carbons (Fsp3) is 0.0556. The highest BCUT2D eigenvalue weighted by molar-refractivity contribution is 6.04. The first-order chi connectivity index (χ1) is 37.7. The number of H-pyrrole nitrogens is 2. The number of fused-ring (bicyclic) bond motifs is 20. The highest BCUT2D eigenvalue weighted by atomic mass is 14.8. The Morgan fingerprint density at radius 1 is 0.224 bits per heavy atom. The minimum atomic E-state index is 0.857. The lowest BCUT2D eigenvalue weighted by Crippen LogP contribution is -1.95. The van der Waals surface area contributed by atoms with Crippen molar-refractivity contribution in [3.8, 4) is 89.0 Å². The van der Waals surface area contributed by atoms with Crippen LogP contribution in [0.1, 0.15) is 67.3 Å². The Labute approximate surface area is 440 Å². The van der Waals surface area contributed by atoms with Crippen molar-refractivity contribution in [3.05, 3.63) is 261 Å². The van der Waals surface area contributed by atoms with Crippen LogP contribution in [0.3, 0.4) is 0 Å². The third kappa shape index (κ3) is 6.07. The first-order valence-corrected chi connectivity index (χ1v) is 26.7. The first-order valence-electron chi connectivity index (χ1n) is 26.7. The molecule has 8 bridgehead atoms. The average molecular weight is 967 g/mol. The van der Waals surface area contributed by atoms with E-state index in [-0.39, 0.29) is 0 Å². The smallest absolute Gasteiger partial charge is 0.0737 e. The highest BCUT2D eigenvalue weighted by Crippen LogP contribution is 2.50. The largest absolute Gasteiger partial charge is 0.354 e. The van der Waals surface area contributed by atoms with Crippen molar-refractivity contribution in [2.45, 2.75) is 25.7 Å². The number of rotatable bonds is 4. The molecule has 8 aromatic carbocycles. The standard InChI is InChI=1S/C72H46N4/c1-5-17-45-41(13-1)37-57-49(45)21-9-25-53(57)69-61-29-31-63(73-61)70(54-26-10-22-50-46-18-6-2-14-42(46)38-58(50)54)65-33-35-67(75-65)72(56-28-12-24-52-48-20-8-4-16-44(48)40-60(52)56)68-36-34-66(76-68)71(64-32-30-62(69)74-64)55-27-11-23-51-47-19-7-3-15-43(47)39-59(51)55/h1-36,73,76H,37-40H2. The van der Waals surface area contributed by atoms with Gasteiger partial charge >= 0.3 is 0 Å². The molecule has 0 saturated heterocycles.